The van der Waals surface area contributed by atoms with Gasteiger partial charge in [-0.1, -0.05) is 53.9 Å². The van der Waals surface area contributed by atoms with Crippen LogP contribution in [0.5, 0.6) is 0 Å². The summed E-state index contributed by atoms with van der Waals surface area (Å²) < 4.78 is 0.988. The van der Waals surface area contributed by atoms with E-state index in [4.69, 9.17) is 0 Å². The van der Waals surface area contributed by atoms with E-state index in [1.165, 1.54) is 22.2 Å². The predicted octanol–water partition coefficient (Wildman–Crippen LogP) is 4.67. The van der Waals surface area contributed by atoms with Crippen LogP contribution in [0, 0.1) is 11.3 Å². The van der Waals surface area contributed by atoms with Crippen LogP contribution in [0.15, 0.2) is 35.3 Å². The smallest absolute Gasteiger partial charge is 0.235 e. The first kappa shape index (κ1) is 18.6. The van der Waals surface area contributed by atoms with Crippen LogP contribution in [-0.4, -0.2) is 28.3 Å². The summed E-state index contributed by atoms with van der Waals surface area (Å²) in [4.78, 5) is 17.9. The lowest BCUT2D eigenvalue weighted by atomic mass is 9.83. The Morgan fingerprint density at radius 2 is 2.22 bits per heavy atom. The summed E-state index contributed by atoms with van der Waals surface area (Å²) in [5.41, 5.74) is 3.15. The number of thiophene rings is 1. The molecule has 4 rings (SSSR count). The third-order valence-corrected chi connectivity index (χ3v) is 8.21. The first-order valence-corrected chi connectivity index (χ1v) is 11.7. The normalized spacial score (nSPS) is 18.5. The zero-order valence-corrected chi connectivity index (χ0v) is 17.2. The Kier molecular flexibility index (Phi) is 5.86. The summed E-state index contributed by atoms with van der Waals surface area (Å²) >= 11 is 4.75. The second-order valence-corrected chi connectivity index (χ2v) is 9.91. The largest absolute Gasteiger partial charge is 0.316 e. The molecule has 1 aromatic carbocycles. The summed E-state index contributed by atoms with van der Waals surface area (Å²) in [6, 6.07) is 12.9. The number of carbonyl (C=O) groups is 1. The fourth-order valence-electron chi connectivity index (χ4n) is 3.49. The van der Waals surface area contributed by atoms with Gasteiger partial charge in [0.25, 0.3) is 0 Å². The minimum absolute atomic E-state index is 0.0649. The van der Waals surface area contributed by atoms with E-state index in [0.717, 1.165) is 41.5 Å². The van der Waals surface area contributed by atoms with E-state index in [1.54, 1.807) is 23.1 Å². The highest BCUT2D eigenvalue weighted by atomic mass is 32.2. The van der Waals surface area contributed by atoms with E-state index in [1.807, 2.05) is 6.07 Å². The molecule has 0 saturated heterocycles. The van der Waals surface area contributed by atoms with Gasteiger partial charge in [0.15, 0.2) is 0 Å². The average Bonchev–Trinajstić information content (AvgIpc) is 3.33. The molecule has 1 amide bonds. The molecule has 1 aliphatic heterocycles. The number of rotatable bonds is 4. The molecule has 0 spiro atoms. The Labute approximate surface area is 171 Å². The molecular formula is C20H19N3OS3. The van der Waals surface area contributed by atoms with Crippen LogP contribution in [0.2, 0.25) is 0 Å². The molecule has 0 fully saturated rings. The number of aliphatic imine (C=N–C) groups is 1. The van der Waals surface area contributed by atoms with Crippen LogP contribution in [0.3, 0.4) is 0 Å². The van der Waals surface area contributed by atoms with Gasteiger partial charge in [0.05, 0.1) is 17.9 Å². The molecule has 1 aromatic heterocycles. The lowest BCUT2D eigenvalue weighted by molar-refractivity contribution is -0.113. The summed E-state index contributed by atoms with van der Waals surface area (Å²) in [7, 11) is 0. The predicted molar refractivity (Wildman–Crippen MR) is 116 cm³/mol. The fraction of sp³-hybridized carbons (Fsp3) is 0.350. The zero-order chi connectivity index (χ0) is 18.6. The van der Waals surface area contributed by atoms with E-state index < -0.39 is 0 Å². The van der Waals surface area contributed by atoms with Crippen LogP contribution in [0.4, 0.5) is 5.00 Å². The number of nitrogens with one attached hydrogen (secondary N) is 1. The van der Waals surface area contributed by atoms with Crippen LogP contribution in [0.25, 0.3) is 0 Å². The Bertz CT molecular complexity index is 915. The zero-order valence-electron chi connectivity index (χ0n) is 14.7. The van der Waals surface area contributed by atoms with Gasteiger partial charge in [-0.2, -0.15) is 5.26 Å². The number of carbonyl (C=O) groups excluding carboxylic acids is 1. The molecule has 138 valence electrons. The van der Waals surface area contributed by atoms with Crippen molar-refractivity contribution in [3.05, 3.63) is 51.9 Å². The van der Waals surface area contributed by atoms with Gasteiger partial charge >= 0.3 is 0 Å². The van der Waals surface area contributed by atoms with Gasteiger partial charge in [-0.15, -0.1) is 11.3 Å². The number of nitrogens with zero attached hydrogens (tertiary/aromatic N) is 2. The number of amides is 1. The lowest BCUT2D eigenvalue weighted by Gasteiger charge is -2.22. The number of benzene rings is 1. The molecule has 1 atom stereocenters. The van der Waals surface area contributed by atoms with Crippen molar-refractivity contribution < 1.29 is 4.79 Å². The van der Waals surface area contributed by atoms with Crippen molar-refractivity contribution >= 4 is 50.1 Å². The highest BCUT2D eigenvalue weighted by molar-refractivity contribution is 8.39. The van der Waals surface area contributed by atoms with Crippen LogP contribution in [-0.2, 0) is 17.6 Å². The van der Waals surface area contributed by atoms with E-state index in [-0.39, 0.29) is 5.91 Å². The van der Waals surface area contributed by atoms with Gasteiger partial charge < -0.3 is 5.32 Å². The van der Waals surface area contributed by atoms with Gasteiger partial charge in [-0.25, -0.2) is 0 Å². The number of thioether (sulfide) groups is 2. The number of anilines is 1. The monoisotopic (exact) mass is 413 g/mol. The maximum Gasteiger partial charge on any atom is 0.235 e. The van der Waals surface area contributed by atoms with Gasteiger partial charge in [0.1, 0.15) is 15.4 Å². The lowest BCUT2D eigenvalue weighted by Crippen LogP contribution is -2.14. The molecule has 4 nitrogen and oxygen atoms in total. The van der Waals surface area contributed by atoms with Crippen molar-refractivity contribution in [3.8, 4) is 6.07 Å². The summed E-state index contributed by atoms with van der Waals surface area (Å²) in [6.45, 7) is 0.841. The minimum atomic E-state index is -0.0649. The first-order valence-electron chi connectivity index (χ1n) is 8.94. The molecule has 2 aromatic rings. The third-order valence-electron chi connectivity index (χ3n) is 4.79. The molecule has 27 heavy (non-hydrogen) atoms. The molecule has 1 N–H and O–H groups in total. The molecule has 0 bridgehead atoms. The number of fused-ring (bicyclic) bond motifs is 1. The van der Waals surface area contributed by atoms with Crippen molar-refractivity contribution in [1.82, 2.24) is 0 Å². The SMILES string of the molecule is N#Cc1c(NC(=O)CSC2=NCCS2)sc2c1CC[C@H](c1ccccc1)C2. The molecule has 1 aliphatic carbocycles. The summed E-state index contributed by atoms with van der Waals surface area (Å²) in [5, 5.41) is 13.3. The van der Waals surface area contributed by atoms with Crippen molar-refractivity contribution in [1.29, 1.82) is 5.26 Å². The molecule has 2 heterocycles. The highest BCUT2D eigenvalue weighted by Gasteiger charge is 2.27. The molecule has 0 unspecified atom stereocenters. The fourth-order valence-corrected chi connectivity index (χ4v) is 6.60. The summed E-state index contributed by atoms with van der Waals surface area (Å²) in [5.74, 6) is 1.76. The third kappa shape index (κ3) is 4.23. The number of nitriles is 1. The van der Waals surface area contributed by atoms with Crippen molar-refractivity contribution in [2.24, 2.45) is 4.99 Å². The van der Waals surface area contributed by atoms with E-state index in [2.05, 4.69) is 40.6 Å². The maximum atomic E-state index is 12.3. The topological polar surface area (TPSA) is 65.2 Å². The molecule has 0 radical (unpaired) electrons. The quantitative estimate of drug-likeness (QED) is 0.791. The Balaban J connectivity index is 1.46. The van der Waals surface area contributed by atoms with E-state index >= 15 is 0 Å². The van der Waals surface area contributed by atoms with Gasteiger partial charge in [0, 0.05) is 10.6 Å². The molecule has 0 saturated carbocycles. The van der Waals surface area contributed by atoms with E-state index in [0.29, 0.717) is 22.2 Å². The highest BCUT2D eigenvalue weighted by Crippen LogP contribution is 2.42. The maximum absolute atomic E-state index is 12.3. The second-order valence-electron chi connectivity index (χ2n) is 6.50. The van der Waals surface area contributed by atoms with Crippen molar-refractivity contribution in [3.63, 3.8) is 0 Å². The summed E-state index contributed by atoms with van der Waals surface area (Å²) in [6.07, 6.45) is 2.88. The van der Waals surface area contributed by atoms with Gasteiger partial charge in [-0.05, 0) is 36.3 Å². The average molecular weight is 414 g/mol. The Morgan fingerprint density at radius 1 is 1.37 bits per heavy atom. The van der Waals surface area contributed by atoms with Crippen LogP contribution >= 0.6 is 34.9 Å². The minimum Gasteiger partial charge on any atom is -0.316 e. The van der Waals surface area contributed by atoms with Crippen molar-refractivity contribution in [2.45, 2.75) is 25.2 Å². The number of hydrogen-bond donors (Lipinski definition) is 1. The Hall–Kier alpha value is -1.75. The van der Waals surface area contributed by atoms with Gasteiger partial charge in [0.2, 0.25) is 5.91 Å². The molecule has 2 aliphatic rings. The molecule has 7 heteroatoms. The Morgan fingerprint density at radius 3 is 2.96 bits per heavy atom. The van der Waals surface area contributed by atoms with E-state index in [9.17, 15) is 10.1 Å². The van der Waals surface area contributed by atoms with Crippen LogP contribution in [0.1, 0.15) is 33.9 Å². The van der Waals surface area contributed by atoms with Gasteiger partial charge in [-0.3, -0.25) is 9.79 Å². The standard InChI is InChI=1S/C20H19N3OS3/c21-11-16-15-7-6-14(13-4-2-1-3-5-13)10-17(15)27-19(16)23-18(24)12-26-20-22-8-9-25-20/h1-5,14H,6-10,12H2,(H,23,24)/t14-/m0/s1. The first-order chi connectivity index (χ1) is 13.2. The second kappa shape index (κ2) is 8.51. The number of hydrogen-bond acceptors (Lipinski definition) is 6. The van der Waals surface area contributed by atoms with Crippen LogP contribution < -0.4 is 5.32 Å². The molecular weight excluding hydrogens is 394 g/mol. The van der Waals surface area contributed by atoms with Crippen molar-refractivity contribution in [2.75, 3.05) is 23.4 Å².